The van der Waals surface area contributed by atoms with Crippen LogP contribution >= 0.6 is 0 Å². The monoisotopic (exact) mass is 362 g/mol. The van der Waals surface area contributed by atoms with E-state index in [1.54, 1.807) is 22.2 Å². The van der Waals surface area contributed by atoms with Crippen LogP contribution in [0, 0.1) is 13.5 Å². The van der Waals surface area contributed by atoms with Crippen molar-refractivity contribution in [2.75, 3.05) is 18.0 Å². The minimum Gasteiger partial charge on any atom is -0.368 e. The van der Waals surface area contributed by atoms with E-state index in [0.717, 1.165) is 42.0 Å². The van der Waals surface area contributed by atoms with Crippen LogP contribution in [0.3, 0.4) is 0 Å². The molecule has 1 saturated heterocycles. The Morgan fingerprint density at radius 3 is 2.85 bits per heavy atom. The maximum atomic E-state index is 13.0. The molecule has 0 aliphatic carbocycles. The van der Waals surface area contributed by atoms with Crippen molar-refractivity contribution in [1.82, 2.24) is 14.1 Å². The van der Waals surface area contributed by atoms with Gasteiger partial charge in [-0.2, -0.15) is 0 Å². The first-order chi connectivity index (χ1) is 13.0. The highest BCUT2D eigenvalue weighted by Gasteiger charge is 2.25. The van der Waals surface area contributed by atoms with Gasteiger partial charge in [-0.3, -0.25) is 9.13 Å². The van der Waals surface area contributed by atoms with Gasteiger partial charge in [0.2, 0.25) is 0 Å². The predicted octanol–water partition coefficient (Wildman–Crippen LogP) is 2.18. The normalized spacial score (nSPS) is 16.8. The van der Waals surface area contributed by atoms with Gasteiger partial charge in [0.05, 0.1) is 12.3 Å². The molecular weight excluding hydrogens is 340 g/mol. The van der Waals surface area contributed by atoms with Crippen LogP contribution in [0.4, 0.5) is 11.4 Å². The van der Waals surface area contributed by atoms with Gasteiger partial charge in [-0.05, 0) is 25.0 Å². The van der Waals surface area contributed by atoms with Crippen molar-refractivity contribution >= 4 is 22.5 Å². The second-order valence-corrected chi connectivity index (χ2v) is 7.12. The number of benzene rings is 1. The quantitative estimate of drug-likeness (QED) is 0.725. The van der Waals surface area contributed by atoms with Crippen molar-refractivity contribution < 1.29 is 0 Å². The highest BCUT2D eigenvalue weighted by Crippen LogP contribution is 2.30. The number of nitrogens with two attached hydrogens (primary N) is 1. The van der Waals surface area contributed by atoms with Gasteiger partial charge in [0.1, 0.15) is 5.52 Å². The summed E-state index contributed by atoms with van der Waals surface area (Å²) in [6.07, 6.45) is 0.931. The van der Waals surface area contributed by atoms with E-state index in [-0.39, 0.29) is 11.7 Å². The molecular formula is C20H22N6O. The lowest BCUT2D eigenvalue weighted by atomic mass is 10.1. The van der Waals surface area contributed by atoms with Crippen molar-refractivity contribution in [3.63, 3.8) is 0 Å². The van der Waals surface area contributed by atoms with Gasteiger partial charge in [-0.1, -0.05) is 24.3 Å². The van der Waals surface area contributed by atoms with E-state index in [4.69, 9.17) is 12.3 Å². The van der Waals surface area contributed by atoms with Gasteiger partial charge in [0.15, 0.2) is 11.3 Å². The van der Waals surface area contributed by atoms with E-state index < -0.39 is 0 Å². The predicted molar refractivity (Wildman–Crippen MR) is 106 cm³/mol. The molecule has 2 N–H and O–H groups in total. The molecule has 4 rings (SSSR count). The molecule has 0 saturated carbocycles. The van der Waals surface area contributed by atoms with Crippen LogP contribution < -0.4 is 16.3 Å². The molecule has 3 aromatic rings. The summed E-state index contributed by atoms with van der Waals surface area (Å²) in [5.41, 5.74) is 10.7. The third-order valence-corrected chi connectivity index (χ3v) is 5.19. The Balaban J connectivity index is 1.94. The molecule has 1 aliphatic heterocycles. The average Bonchev–Trinajstić information content (AvgIpc) is 3.19. The van der Waals surface area contributed by atoms with Gasteiger partial charge in [0, 0.05) is 38.4 Å². The zero-order valence-corrected chi connectivity index (χ0v) is 15.5. The Morgan fingerprint density at radius 1 is 1.37 bits per heavy atom. The van der Waals surface area contributed by atoms with Gasteiger partial charge in [0.25, 0.3) is 0 Å². The lowest BCUT2D eigenvalue weighted by molar-refractivity contribution is 0.734. The number of fused-ring (bicyclic) bond motifs is 1. The van der Waals surface area contributed by atoms with E-state index in [0.29, 0.717) is 17.9 Å². The van der Waals surface area contributed by atoms with E-state index in [9.17, 15) is 4.79 Å². The Hall–Kier alpha value is -3.11. The van der Waals surface area contributed by atoms with E-state index in [1.807, 2.05) is 31.2 Å². The summed E-state index contributed by atoms with van der Waals surface area (Å²) in [5.74, 6) is 0. The van der Waals surface area contributed by atoms with Gasteiger partial charge >= 0.3 is 5.69 Å². The SMILES string of the molecule is [C-]#[N+]c1ccccc1Cn1c(=O)n(C)c2nc(C)cc(N3CC[C@@H](N)C3)c21. The zero-order chi connectivity index (χ0) is 19.1. The van der Waals surface area contributed by atoms with Crippen LogP contribution in [0.1, 0.15) is 17.7 Å². The molecule has 0 unspecified atom stereocenters. The minimum atomic E-state index is -0.132. The lowest BCUT2D eigenvalue weighted by Gasteiger charge is -2.20. The Labute approximate surface area is 157 Å². The topological polar surface area (TPSA) is 73.4 Å². The van der Waals surface area contributed by atoms with Crippen LogP contribution in [-0.2, 0) is 13.6 Å². The molecule has 0 radical (unpaired) electrons. The van der Waals surface area contributed by atoms with Crippen LogP contribution in [0.25, 0.3) is 16.0 Å². The first-order valence-corrected chi connectivity index (χ1v) is 9.02. The van der Waals surface area contributed by atoms with Gasteiger partial charge in [-0.15, -0.1) is 0 Å². The van der Waals surface area contributed by atoms with Crippen LogP contribution in [0.2, 0.25) is 0 Å². The molecule has 138 valence electrons. The zero-order valence-electron chi connectivity index (χ0n) is 15.5. The molecule has 1 atom stereocenters. The van der Waals surface area contributed by atoms with Crippen LogP contribution in [-0.4, -0.2) is 33.2 Å². The van der Waals surface area contributed by atoms with E-state index in [2.05, 4.69) is 14.7 Å². The third-order valence-electron chi connectivity index (χ3n) is 5.19. The fourth-order valence-electron chi connectivity index (χ4n) is 3.81. The summed E-state index contributed by atoms with van der Waals surface area (Å²) in [5, 5.41) is 0. The highest BCUT2D eigenvalue weighted by atomic mass is 16.1. The molecule has 7 nitrogen and oxygen atoms in total. The molecule has 27 heavy (non-hydrogen) atoms. The molecule has 3 heterocycles. The number of hydrogen-bond donors (Lipinski definition) is 1. The third kappa shape index (κ3) is 2.88. The second-order valence-electron chi connectivity index (χ2n) is 7.12. The molecule has 7 heteroatoms. The number of para-hydroxylation sites is 1. The average molecular weight is 362 g/mol. The van der Waals surface area contributed by atoms with Crippen LogP contribution in [0.5, 0.6) is 0 Å². The highest BCUT2D eigenvalue weighted by molar-refractivity contribution is 5.87. The van der Waals surface area contributed by atoms with Crippen molar-refractivity contribution in [2.45, 2.75) is 25.9 Å². The smallest absolute Gasteiger partial charge is 0.330 e. The van der Waals surface area contributed by atoms with Crippen LogP contribution in [0.15, 0.2) is 35.1 Å². The molecule has 1 fully saturated rings. The number of aryl methyl sites for hydroxylation is 2. The summed E-state index contributed by atoms with van der Waals surface area (Å²) in [6, 6.07) is 9.57. The molecule has 2 aromatic heterocycles. The summed E-state index contributed by atoms with van der Waals surface area (Å²) in [7, 11) is 1.74. The standard InChI is InChI=1S/C20H22N6O/c1-13-10-17(25-9-8-15(21)12-25)18-19(23-13)24(3)20(27)26(18)11-14-6-4-5-7-16(14)22-2/h4-7,10,15H,8-9,11-12,21H2,1,3H3/t15-/m1/s1. The number of imidazole rings is 1. The second kappa shape index (κ2) is 6.56. The number of pyridine rings is 1. The molecule has 1 aromatic carbocycles. The largest absolute Gasteiger partial charge is 0.368 e. The minimum absolute atomic E-state index is 0.132. The summed E-state index contributed by atoms with van der Waals surface area (Å²) >= 11 is 0. The van der Waals surface area contributed by atoms with E-state index in [1.165, 1.54) is 0 Å². The number of aromatic nitrogens is 3. The Morgan fingerprint density at radius 2 is 2.15 bits per heavy atom. The van der Waals surface area contributed by atoms with Crippen molar-refractivity contribution in [1.29, 1.82) is 0 Å². The van der Waals surface area contributed by atoms with E-state index >= 15 is 0 Å². The Kier molecular flexibility index (Phi) is 4.21. The maximum Gasteiger partial charge on any atom is 0.330 e. The summed E-state index contributed by atoms with van der Waals surface area (Å²) in [6.45, 7) is 11.3. The first kappa shape index (κ1) is 17.3. The first-order valence-electron chi connectivity index (χ1n) is 9.02. The van der Waals surface area contributed by atoms with Crippen molar-refractivity contribution in [3.05, 3.63) is 63.5 Å². The number of rotatable bonds is 3. The van der Waals surface area contributed by atoms with Gasteiger partial charge < -0.3 is 10.6 Å². The lowest BCUT2D eigenvalue weighted by Crippen LogP contribution is -2.27. The number of anilines is 1. The fraction of sp³-hybridized carbons (Fsp3) is 0.350. The molecule has 0 spiro atoms. The number of hydrogen-bond acceptors (Lipinski definition) is 4. The molecule has 0 bridgehead atoms. The summed E-state index contributed by atoms with van der Waals surface area (Å²) in [4.78, 5) is 23.4. The maximum absolute atomic E-state index is 13.0. The summed E-state index contributed by atoms with van der Waals surface area (Å²) < 4.78 is 3.31. The molecule has 0 amide bonds. The Bertz CT molecular complexity index is 1120. The van der Waals surface area contributed by atoms with Crippen molar-refractivity contribution in [3.8, 4) is 0 Å². The van der Waals surface area contributed by atoms with Gasteiger partial charge in [-0.25, -0.2) is 14.6 Å². The van der Waals surface area contributed by atoms with Crippen molar-refractivity contribution in [2.24, 2.45) is 12.8 Å². The number of nitrogens with zero attached hydrogens (tertiary/aromatic N) is 5. The fourth-order valence-corrected chi connectivity index (χ4v) is 3.81. The molecule has 1 aliphatic rings.